The number of carbonyl (C=O) groups is 1. The summed E-state index contributed by atoms with van der Waals surface area (Å²) in [4.78, 5) is 22.0. The van der Waals surface area contributed by atoms with Crippen LogP contribution in [0.15, 0.2) is 18.2 Å². The average molecular weight is 266 g/mol. The van der Waals surface area contributed by atoms with Gasteiger partial charge in [-0.25, -0.2) is 0 Å². The lowest BCUT2D eigenvalue weighted by molar-refractivity contribution is -0.385. The molecule has 0 radical (unpaired) electrons. The number of nitro benzene ring substituents is 1. The number of carbonyl (C=O) groups excluding carboxylic acids is 1. The Hall–Kier alpha value is -2.11. The second-order valence-electron chi connectivity index (χ2n) is 4.30. The summed E-state index contributed by atoms with van der Waals surface area (Å²) < 4.78 is 0. The Morgan fingerprint density at radius 3 is 2.68 bits per heavy atom. The molecule has 0 saturated heterocycles. The molecule has 104 valence electrons. The Morgan fingerprint density at radius 2 is 2.16 bits per heavy atom. The van der Waals surface area contributed by atoms with E-state index in [0.29, 0.717) is 0 Å². The Morgan fingerprint density at radius 1 is 1.47 bits per heavy atom. The minimum Gasteiger partial charge on any atom is -0.502 e. The fourth-order valence-corrected chi connectivity index (χ4v) is 1.85. The van der Waals surface area contributed by atoms with Gasteiger partial charge >= 0.3 is 5.69 Å². The maximum Gasteiger partial charge on any atom is 0.311 e. The van der Waals surface area contributed by atoms with Crippen molar-refractivity contribution in [1.82, 2.24) is 5.32 Å². The Balaban J connectivity index is 2.94. The monoisotopic (exact) mass is 266 g/mol. The number of para-hydroxylation sites is 1. The number of phenolic OH excluding ortho intramolecular Hbond substituents is 1. The van der Waals surface area contributed by atoms with Crippen LogP contribution in [0.2, 0.25) is 0 Å². The molecule has 0 aliphatic heterocycles. The third-order valence-corrected chi connectivity index (χ3v) is 2.92. The Kier molecular flexibility index (Phi) is 5.29. The summed E-state index contributed by atoms with van der Waals surface area (Å²) in [5, 5.41) is 23.2. The molecular formula is C13H18N2O4. The normalized spacial score (nSPS) is 11.9. The lowest BCUT2D eigenvalue weighted by Gasteiger charge is -2.16. The molecule has 1 amide bonds. The van der Waals surface area contributed by atoms with Crippen LogP contribution >= 0.6 is 0 Å². The topological polar surface area (TPSA) is 92.5 Å². The van der Waals surface area contributed by atoms with Crippen LogP contribution in [-0.2, 0) is 0 Å². The van der Waals surface area contributed by atoms with E-state index in [9.17, 15) is 20.0 Å². The van der Waals surface area contributed by atoms with Gasteiger partial charge in [-0.2, -0.15) is 0 Å². The molecule has 0 heterocycles. The van der Waals surface area contributed by atoms with Crippen LogP contribution in [0.25, 0.3) is 0 Å². The van der Waals surface area contributed by atoms with Gasteiger partial charge in [0.15, 0.2) is 0 Å². The van der Waals surface area contributed by atoms with E-state index in [1.54, 1.807) is 0 Å². The van der Waals surface area contributed by atoms with Crippen LogP contribution < -0.4 is 5.32 Å². The lowest BCUT2D eigenvalue weighted by atomic mass is 10.1. The molecule has 0 fully saturated rings. The van der Waals surface area contributed by atoms with Crippen LogP contribution in [0.1, 0.15) is 43.5 Å². The molecule has 0 aliphatic carbocycles. The van der Waals surface area contributed by atoms with Gasteiger partial charge in [0, 0.05) is 12.1 Å². The molecule has 6 nitrogen and oxygen atoms in total. The fourth-order valence-electron chi connectivity index (χ4n) is 1.85. The predicted molar refractivity (Wildman–Crippen MR) is 71.2 cm³/mol. The van der Waals surface area contributed by atoms with Crippen LogP contribution in [0.5, 0.6) is 5.75 Å². The second kappa shape index (κ2) is 6.72. The Labute approximate surface area is 111 Å². The zero-order chi connectivity index (χ0) is 14.4. The predicted octanol–water partition coefficient (Wildman–Crippen LogP) is 2.61. The summed E-state index contributed by atoms with van der Waals surface area (Å²) in [6, 6.07) is 3.93. The molecule has 2 N–H and O–H groups in total. The largest absolute Gasteiger partial charge is 0.502 e. The van der Waals surface area contributed by atoms with Gasteiger partial charge in [-0.05, 0) is 18.9 Å². The zero-order valence-corrected chi connectivity index (χ0v) is 11.0. The van der Waals surface area contributed by atoms with Gasteiger partial charge in [0.1, 0.15) is 0 Å². The molecule has 0 aliphatic rings. The van der Waals surface area contributed by atoms with E-state index in [0.717, 1.165) is 25.3 Å². The summed E-state index contributed by atoms with van der Waals surface area (Å²) in [6.07, 6.45) is 2.53. The molecule has 1 rings (SSSR count). The zero-order valence-electron chi connectivity index (χ0n) is 11.0. The van der Waals surface area contributed by atoms with E-state index >= 15 is 0 Å². The number of nitrogens with one attached hydrogen (secondary N) is 1. The fraction of sp³-hybridized carbons (Fsp3) is 0.462. The summed E-state index contributed by atoms with van der Waals surface area (Å²) in [5.74, 6) is -1.07. The minimum absolute atomic E-state index is 0.0103. The van der Waals surface area contributed by atoms with Gasteiger partial charge in [0.05, 0.1) is 10.5 Å². The number of phenols is 1. The van der Waals surface area contributed by atoms with Gasteiger partial charge in [-0.1, -0.05) is 26.3 Å². The van der Waals surface area contributed by atoms with E-state index in [1.807, 2.05) is 13.8 Å². The van der Waals surface area contributed by atoms with Crippen molar-refractivity contribution in [2.24, 2.45) is 0 Å². The van der Waals surface area contributed by atoms with E-state index in [2.05, 4.69) is 5.32 Å². The number of amides is 1. The van der Waals surface area contributed by atoms with Crippen LogP contribution in [0.3, 0.4) is 0 Å². The summed E-state index contributed by atoms with van der Waals surface area (Å²) in [7, 11) is 0. The van der Waals surface area contributed by atoms with E-state index in [-0.39, 0.29) is 11.6 Å². The first-order valence-electron chi connectivity index (χ1n) is 6.28. The van der Waals surface area contributed by atoms with E-state index < -0.39 is 22.3 Å². The van der Waals surface area contributed by atoms with Gasteiger partial charge in [0.25, 0.3) is 5.91 Å². The molecule has 0 saturated carbocycles. The Bertz CT molecular complexity index is 474. The van der Waals surface area contributed by atoms with Crippen molar-refractivity contribution in [2.75, 3.05) is 0 Å². The molecule has 0 bridgehead atoms. The van der Waals surface area contributed by atoms with Crippen molar-refractivity contribution >= 4 is 11.6 Å². The highest BCUT2D eigenvalue weighted by molar-refractivity contribution is 5.98. The van der Waals surface area contributed by atoms with Crippen molar-refractivity contribution in [3.05, 3.63) is 33.9 Å². The second-order valence-corrected chi connectivity index (χ2v) is 4.30. The highest BCUT2D eigenvalue weighted by atomic mass is 16.6. The molecule has 1 atom stereocenters. The van der Waals surface area contributed by atoms with Crippen LogP contribution in [-0.4, -0.2) is 22.0 Å². The number of rotatable bonds is 6. The van der Waals surface area contributed by atoms with Crippen molar-refractivity contribution in [1.29, 1.82) is 0 Å². The number of nitrogens with zero attached hydrogens (tertiary/aromatic N) is 1. The lowest BCUT2D eigenvalue weighted by Crippen LogP contribution is -2.34. The van der Waals surface area contributed by atoms with Gasteiger partial charge in [0.2, 0.25) is 5.75 Å². The van der Waals surface area contributed by atoms with E-state index in [4.69, 9.17) is 0 Å². The molecular weight excluding hydrogens is 248 g/mol. The molecule has 19 heavy (non-hydrogen) atoms. The van der Waals surface area contributed by atoms with Crippen LogP contribution in [0.4, 0.5) is 5.69 Å². The van der Waals surface area contributed by atoms with Crippen molar-refractivity contribution in [3.63, 3.8) is 0 Å². The van der Waals surface area contributed by atoms with Crippen molar-refractivity contribution in [3.8, 4) is 5.75 Å². The smallest absolute Gasteiger partial charge is 0.311 e. The van der Waals surface area contributed by atoms with E-state index in [1.165, 1.54) is 12.1 Å². The first kappa shape index (κ1) is 14.9. The SMILES string of the molecule is CCCC(CC)NC(=O)c1cccc([N+](=O)[O-])c1O. The minimum atomic E-state index is -0.713. The standard InChI is InChI=1S/C13H18N2O4/c1-3-6-9(4-2)14-13(17)10-7-5-8-11(12(10)16)15(18)19/h5,7-9,16H,3-4,6H2,1-2H3,(H,14,17). The molecule has 0 aromatic heterocycles. The summed E-state index contributed by atoms with van der Waals surface area (Å²) in [5.41, 5.74) is -0.528. The van der Waals surface area contributed by atoms with Crippen molar-refractivity contribution in [2.45, 2.75) is 39.2 Å². The number of hydrogen-bond donors (Lipinski definition) is 2. The first-order valence-corrected chi connectivity index (χ1v) is 6.28. The average Bonchev–Trinajstić information content (AvgIpc) is 2.37. The van der Waals surface area contributed by atoms with Crippen LogP contribution in [0, 0.1) is 10.1 Å². The molecule has 1 aromatic carbocycles. The maximum absolute atomic E-state index is 12.0. The molecule has 1 unspecified atom stereocenters. The highest BCUT2D eigenvalue weighted by Crippen LogP contribution is 2.29. The molecule has 1 aromatic rings. The number of benzene rings is 1. The maximum atomic E-state index is 12.0. The third kappa shape index (κ3) is 3.67. The number of aromatic hydroxyl groups is 1. The highest BCUT2D eigenvalue weighted by Gasteiger charge is 2.21. The quantitative estimate of drug-likeness (QED) is 0.611. The van der Waals surface area contributed by atoms with Gasteiger partial charge < -0.3 is 10.4 Å². The number of nitro groups is 1. The molecule has 6 heteroatoms. The number of hydrogen-bond acceptors (Lipinski definition) is 4. The summed E-state index contributed by atoms with van der Waals surface area (Å²) >= 11 is 0. The van der Waals surface area contributed by atoms with Crippen molar-refractivity contribution < 1.29 is 14.8 Å². The van der Waals surface area contributed by atoms with Gasteiger partial charge in [-0.3, -0.25) is 14.9 Å². The third-order valence-electron chi connectivity index (χ3n) is 2.92. The first-order chi connectivity index (χ1) is 9.01. The molecule has 0 spiro atoms. The summed E-state index contributed by atoms with van der Waals surface area (Å²) in [6.45, 7) is 3.97. The van der Waals surface area contributed by atoms with Gasteiger partial charge in [-0.15, -0.1) is 0 Å².